The number of rotatable bonds is 3. The topological polar surface area (TPSA) is 29.1 Å². The second-order valence-electron chi connectivity index (χ2n) is 3.69. The number of benzene rings is 1. The third kappa shape index (κ3) is 3.73. The molecule has 0 heterocycles. The summed E-state index contributed by atoms with van der Waals surface area (Å²) in [6.45, 7) is 5.93. The van der Waals surface area contributed by atoms with Crippen molar-refractivity contribution < 1.29 is 4.79 Å². The molecule has 1 N–H and O–H groups in total. The monoisotopic (exact) mass is 215 g/mol. The molecule has 84 valence electrons. The van der Waals surface area contributed by atoms with Crippen LogP contribution in [0.15, 0.2) is 42.5 Å². The van der Waals surface area contributed by atoms with E-state index in [1.807, 2.05) is 51.1 Å². The fraction of sp³-hybridized carbons (Fsp3) is 0.214. The van der Waals surface area contributed by atoms with Crippen molar-refractivity contribution in [3.8, 4) is 0 Å². The van der Waals surface area contributed by atoms with Crippen LogP contribution in [-0.4, -0.2) is 5.91 Å². The molecule has 2 heteroatoms. The Labute approximate surface area is 96.7 Å². The van der Waals surface area contributed by atoms with Crippen LogP contribution in [0.25, 0.3) is 0 Å². The van der Waals surface area contributed by atoms with E-state index in [4.69, 9.17) is 0 Å². The van der Waals surface area contributed by atoms with Gasteiger partial charge < -0.3 is 5.32 Å². The molecule has 0 saturated heterocycles. The maximum Gasteiger partial charge on any atom is 0.248 e. The smallest absolute Gasteiger partial charge is 0.248 e. The molecular formula is C14H17NO. The highest BCUT2D eigenvalue weighted by molar-refractivity contribution is 5.99. The minimum absolute atomic E-state index is 0.106. The van der Waals surface area contributed by atoms with Crippen LogP contribution in [0.3, 0.4) is 0 Å². The molecule has 0 atom stereocenters. The largest absolute Gasteiger partial charge is 0.322 e. The Balaban J connectivity index is 2.70. The van der Waals surface area contributed by atoms with Crippen molar-refractivity contribution in [3.63, 3.8) is 0 Å². The molecule has 0 saturated carbocycles. The van der Waals surface area contributed by atoms with Crippen LogP contribution in [0.4, 0.5) is 5.69 Å². The number of hydrogen-bond donors (Lipinski definition) is 1. The summed E-state index contributed by atoms with van der Waals surface area (Å²) in [6, 6.07) is 5.95. The van der Waals surface area contributed by atoms with E-state index in [0.717, 1.165) is 11.3 Å². The first-order valence-corrected chi connectivity index (χ1v) is 5.31. The highest BCUT2D eigenvalue weighted by Crippen LogP contribution is 2.15. The zero-order valence-electron chi connectivity index (χ0n) is 9.95. The number of carbonyl (C=O) groups is 1. The fourth-order valence-electron chi connectivity index (χ4n) is 1.38. The number of amides is 1. The normalized spacial score (nSPS) is 11.2. The van der Waals surface area contributed by atoms with Gasteiger partial charge in [-0.15, -0.1) is 0 Å². The lowest BCUT2D eigenvalue weighted by atomic mass is 10.1. The van der Waals surface area contributed by atoms with Gasteiger partial charge >= 0.3 is 0 Å². The minimum Gasteiger partial charge on any atom is -0.322 e. The molecular weight excluding hydrogens is 198 g/mol. The van der Waals surface area contributed by atoms with Crippen molar-refractivity contribution in [2.45, 2.75) is 20.8 Å². The minimum atomic E-state index is -0.106. The summed E-state index contributed by atoms with van der Waals surface area (Å²) in [4.78, 5) is 11.5. The van der Waals surface area contributed by atoms with Crippen molar-refractivity contribution in [3.05, 3.63) is 53.6 Å². The van der Waals surface area contributed by atoms with Gasteiger partial charge in [-0.2, -0.15) is 0 Å². The summed E-state index contributed by atoms with van der Waals surface area (Å²) in [7, 11) is 0. The average molecular weight is 215 g/mol. The molecule has 16 heavy (non-hydrogen) atoms. The summed E-state index contributed by atoms with van der Waals surface area (Å²) in [6.07, 6.45) is 6.93. The van der Waals surface area contributed by atoms with Gasteiger partial charge in [0.2, 0.25) is 5.91 Å². The van der Waals surface area contributed by atoms with Gasteiger partial charge in [0, 0.05) is 11.8 Å². The quantitative estimate of drug-likeness (QED) is 0.608. The first-order chi connectivity index (χ1) is 7.63. The van der Waals surface area contributed by atoms with Gasteiger partial charge in [-0.3, -0.25) is 4.79 Å². The van der Waals surface area contributed by atoms with Crippen molar-refractivity contribution in [1.29, 1.82) is 0 Å². The fourth-order valence-corrected chi connectivity index (χ4v) is 1.38. The van der Waals surface area contributed by atoms with Gasteiger partial charge in [-0.1, -0.05) is 35.9 Å². The summed E-state index contributed by atoms with van der Waals surface area (Å²) < 4.78 is 0. The Morgan fingerprint density at radius 1 is 1.25 bits per heavy atom. The molecule has 0 spiro atoms. The van der Waals surface area contributed by atoms with Crippen LogP contribution >= 0.6 is 0 Å². The Morgan fingerprint density at radius 2 is 2.00 bits per heavy atom. The first-order valence-electron chi connectivity index (χ1n) is 5.31. The van der Waals surface area contributed by atoms with E-state index >= 15 is 0 Å². The Bertz CT molecular complexity index is 430. The van der Waals surface area contributed by atoms with Gasteiger partial charge in [0.05, 0.1) is 0 Å². The SMILES string of the molecule is CC=CC=CC(=O)Nc1ccc(C)cc1C. The van der Waals surface area contributed by atoms with Crippen molar-refractivity contribution in [2.75, 3.05) is 5.32 Å². The third-order valence-corrected chi connectivity index (χ3v) is 2.19. The number of hydrogen-bond acceptors (Lipinski definition) is 1. The lowest BCUT2D eigenvalue weighted by Gasteiger charge is -2.06. The predicted molar refractivity (Wildman–Crippen MR) is 68.5 cm³/mol. The van der Waals surface area contributed by atoms with E-state index in [1.54, 1.807) is 6.08 Å². The average Bonchev–Trinajstić information content (AvgIpc) is 2.23. The molecule has 1 rings (SSSR count). The van der Waals surface area contributed by atoms with Crippen LogP contribution < -0.4 is 5.32 Å². The number of carbonyl (C=O) groups excluding carboxylic acids is 1. The summed E-state index contributed by atoms with van der Waals surface area (Å²) in [5.41, 5.74) is 3.13. The van der Waals surface area contributed by atoms with Gasteiger partial charge in [0.15, 0.2) is 0 Å². The molecule has 1 amide bonds. The Hall–Kier alpha value is -1.83. The highest BCUT2D eigenvalue weighted by Gasteiger charge is 2.00. The van der Waals surface area contributed by atoms with Crippen LogP contribution in [0.5, 0.6) is 0 Å². The van der Waals surface area contributed by atoms with E-state index in [0.29, 0.717) is 0 Å². The van der Waals surface area contributed by atoms with Crippen LogP contribution in [0.2, 0.25) is 0 Å². The molecule has 0 aromatic heterocycles. The van der Waals surface area contributed by atoms with Crippen LogP contribution in [0.1, 0.15) is 18.1 Å². The van der Waals surface area contributed by atoms with Gasteiger partial charge in [0.25, 0.3) is 0 Å². The number of anilines is 1. The maximum atomic E-state index is 11.5. The molecule has 0 fully saturated rings. The zero-order valence-corrected chi connectivity index (χ0v) is 9.95. The summed E-state index contributed by atoms with van der Waals surface area (Å²) in [5, 5.41) is 2.84. The molecule has 0 bridgehead atoms. The van der Waals surface area contributed by atoms with Gasteiger partial charge in [-0.05, 0) is 32.4 Å². The van der Waals surface area contributed by atoms with Crippen LogP contribution in [-0.2, 0) is 4.79 Å². The third-order valence-electron chi connectivity index (χ3n) is 2.19. The molecule has 0 unspecified atom stereocenters. The van der Waals surface area contributed by atoms with Gasteiger partial charge in [0.1, 0.15) is 0 Å². The van der Waals surface area contributed by atoms with Crippen LogP contribution in [0, 0.1) is 13.8 Å². The standard InChI is InChI=1S/C14H17NO/c1-4-5-6-7-14(16)15-13-9-8-11(2)10-12(13)3/h4-10H,1-3H3,(H,15,16). The van der Waals surface area contributed by atoms with E-state index in [1.165, 1.54) is 11.6 Å². The predicted octanol–water partition coefficient (Wildman–Crippen LogP) is 3.37. The second-order valence-corrected chi connectivity index (χ2v) is 3.69. The van der Waals surface area contributed by atoms with Crippen molar-refractivity contribution in [1.82, 2.24) is 0 Å². The molecule has 0 aliphatic carbocycles. The lowest BCUT2D eigenvalue weighted by Crippen LogP contribution is -2.08. The molecule has 1 aromatic rings. The lowest BCUT2D eigenvalue weighted by molar-refractivity contribution is -0.111. The number of nitrogens with one attached hydrogen (secondary N) is 1. The number of aryl methyl sites for hydroxylation is 2. The Kier molecular flexibility index (Phi) is 4.52. The number of allylic oxidation sites excluding steroid dienone is 3. The second kappa shape index (κ2) is 5.91. The van der Waals surface area contributed by atoms with Crippen molar-refractivity contribution in [2.24, 2.45) is 0 Å². The molecule has 1 aromatic carbocycles. The molecule has 2 nitrogen and oxygen atoms in total. The summed E-state index contributed by atoms with van der Waals surface area (Å²) in [5.74, 6) is -0.106. The molecule has 0 aliphatic heterocycles. The van der Waals surface area contributed by atoms with E-state index in [2.05, 4.69) is 5.32 Å². The van der Waals surface area contributed by atoms with Crippen molar-refractivity contribution >= 4 is 11.6 Å². The van der Waals surface area contributed by atoms with E-state index < -0.39 is 0 Å². The summed E-state index contributed by atoms with van der Waals surface area (Å²) >= 11 is 0. The Morgan fingerprint density at radius 3 is 2.62 bits per heavy atom. The van der Waals surface area contributed by atoms with E-state index in [-0.39, 0.29) is 5.91 Å². The zero-order chi connectivity index (χ0) is 12.0. The molecule has 0 radical (unpaired) electrons. The maximum absolute atomic E-state index is 11.5. The van der Waals surface area contributed by atoms with E-state index in [9.17, 15) is 4.79 Å². The van der Waals surface area contributed by atoms with Gasteiger partial charge in [-0.25, -0.2) is 0 Å². The highest BCUT2D eigenvalue weighted by atomic mass is 16.1. The molecule has 0 aliphatic rings. The first kappa shape index (κ1) is 12.2.